The zero-order chi connectivity index (χ0) is 56.4. The molecule has 1 aromatic carbocycles. The first-order valence-corrected chi connectivity index (χ1v) is 34.6. The molecule has 1 aliphatic carbocycles. The second-order valence-electron chi connectivity index (χ2n) is 20.5. The molecule has 21 nitrogen and oxygen atoms in total. The Balaban J connectivity index is 1.66. The summed E-state index contributed by atoms with van der Waals surface area (Å²) in [5, 5.41) is 46.9. The SMILES string of the molecule is CCC[CH2][Sn]([CH2]CCC)([CH2]CCC)[c]1cccc(C(=O)NCCCC[C@@H](CC(=O)[C@@H](CCC(=O)O)NC(=O)[C@@H](CCC(=O)O)CC(=O)[C@@H](CCC(=O)O)NC(=O)C2CCC(C(=O)ON3C(=O)CCC3=O)CC2)C(=O)O)c1. The van der Waals surface area contributed by atoms with Crippen molar-refractivity contribution in [2.24, 2.45) is 23.7 Å². The molecule has 1 saturated heterocycles. The molecule has 3 rings (SSSR count). The molecule has 2 fully saturated rings. The summed E-state index contributed by atoms with van der Waals surface area (Å²) in [7, 11) is 0. The molecule has 0 radical (unpaired) electrons. The van der Waals surface area contributed by atoms with Crippen molar-refractivity contribution in [1.82, 2.24) is 21.0 Å². The van der Waals surface area contributed by atoms with Gasteiger partial charge in [0.15, 0.2) is 5.78 Å². The number of carboxylic acids is 4. The van der Waals surface area contributed by atoms with Crippen molar-refractivity contribution < 1.29 is 82.8 Å². The van der Waals surface area contributed by atoms with E-state index in [1.807, 2.05) is 6.07 Å². The van der Waals surface area contributed by atoms with E-state index in [2.05, 4.69) is 48.9 Å². The van der Waals surface area contributed by atoms with Gasteiger partial charge in [-0.1, -0.05) is 0 Å². The van der Waals surface area contributed by atoms with E-state index in [1.54, 1.807) is 6.07 Å². The van der Waals surface area contributed by atoms with Gasteiger partial charge in [0.1, 0.15) is 0 Å². The number of nitrogens with zero attached hydrogens (tertiary/aromatic N) is 1. The standard InChI is InChI=1S/C42H53N4O17.3C4H9.Sn/c47-31(29(14-19-36(53)54)44-39(58)25-9-11-26(12-10-25)42(62)63-46-33(49)16-17-34(46)50)22-27(13-18-35(51)52)40(59)45-30(15-20-37(55)56)32(48)23-28(41(60)61)8-4-5-21-43-38(57)24-6-2-1-3-7-24;3*1-3-4-2;/h1-2,6-7,25-30H,4-5,8-23H2,(H,43,57)(H,44,58)(H,45,59)(H,51,52)(H,53,54)(H,55,56)(H,60,61);3*1,3-4H2,2H3;/t25?,26?,27-,28-,29+,30+;;;;/m0..../s1. The Bertz CT molecular complexity index is 2170. The zero-order valence-electron chi connectivity index (χ0n) is 44.4. The van der Waals surface area contributed by atoms with E-state index in [0.717, 1.165) is 19.3 Å². The molecule has 0 aromatic heterocycles. The van der Waals surface area contributed by atoms with Gasteiger partial charge < -0.3 is 30.8 Å². The number of benzene rings is 1. The van der Waals surface area contributed by atoms with Crippen LogP contribution in [0.3, 0.4) is 0 Å². The number of nitrogens with one attached hydrogen (secondary N) is 3. The van der Waals surface area contributed by atoms with Crippen LogP contribution < -0.4 is 19.5 Å². The average Bonchev–Trinajstić information content (AvgIpc) is 3.70. The molecule has 0 spiro atoms. The van der Waals surface area contributed by atoms with E-state index in [1.165, 1.54) is 36.2 Å². The Kier molecular flexibility index (Phi) is 28.4. The van der Waals surface area contributed by atoms with Gasteiger partial charge in [0.05, 0.1) is 18.0 Å². The summed E-state index contributed by atoms with van der Waals surface area (Å²) in [5.41, 5.74) is 0.582. The summed E-state index contributed by atoms with van der Waals surface area (Å²) in [6.07, 6.45) is 3.38. The molecule has 76 heavy (non-hydrogen) atoms. The van der Waals surface area contributed by atoms with Crippen molar-refractivity contribution in [1.29, 1.82) is 0 Å². The number of imide groups is 1. The molecule has 4 atom stereocenters. The third kappa shape index (κ3) is 21.7. The van der Waals surface area contributed by atoms with E-state index >= 15 is 0 Å². The fourth-order valence-electron chi connectivity index (χ4n) is 10.0. The number of carboxylic acid groups (broad SMARTS) is 4. The molecule has 1 saturated carbocycles. The van der Waals surface area contributed by atoms with Crippen LogP contribution in [0.2, 0.25) is 13.3 Å². The number of carbonyl (C=O) groups excluding carboxylic acids is 8. The molecule has 22 heteroatoms. The number of amides is 5. The molecule has 0 bridgehead atoms. The minimum atomic E-state index is -2.82. The van der Waals surface area contributed by atoms with Gasteiger partial charge in [-0.25, -0.2) is 4.79 Å². The Morgan fingerprint density at radius 1 is 0.632 bits per heavy atom. The summed E-state index contributed by atoms with van der Waals surface area (Å²) in [6.45, 7) is 6.87. The first kappa shape index (κ1) is 64.5. The van der Waals surface area contributed by atoms with E-state index in [9.17, 15) is 78.0 Å². The molecule has 1 aromatic rings. The fraction of sp³-hybridized carbons (Fsp3) is 0.667. The van der Waals surface area contributed by atoms with Gasteiger partial charge in [-0.15, -0.1) is 5.06 Å². The quantitative estimate of drug-likeness (QED) is 0.0232. The second-order valence-corrected chi connectivity index (χ2v) is 33.7. The summed E-state index contributed by atoms with van der Waals surface area (Å²) in [6, 6.07) is 5.04. The zero-order valence-corrected chi connectivity index (χ0v) is 47.3. The third-order valence-corrected chi connectivity index (χ3v) is 30.3. The average molecular weight is 1180 g/mol. The topological polar surface area (TPSA) is 334 Å². The minimum absolute atomic E-state index is 0.00549. The van der Waals surface area contributed by atoms with Crippen LogP contribution in [-0.4, -0.2) is 133 Å². The van der Waals surface area contributed by atoms with E-state index in [0.29, 0.717) is 23.5 Å². The van der Waals surface area contributed by atoms with Crippen LogP contribution in [0.15, 0.2) is 24.3 Å². The number of unbranched alkanes of at least 4 members (excludes halogenated alkanes) is 4. The molecular weight excluding hydrogens is 1100 g/mol. The number of carbonyl (C=O) groups is 12. The molecule has 1 heterocycles. The van der Waals surface area contributed by atoms with Crippen molar-refractivity contribution in [3.63, 3.8) is 0 Å². The molecule has 2 aliphatic rings. The van der Waals surface area contributed by atoms with Crippen LogP contribution in [-0.2, 0) is 57.6 Å². The first-order chi connectivity index (χ1) is 36.1. The normalized spacial score (nSPS) is 17.2. The number of Topliss-reactive ketones (excluding diaryl/α,β-unsaturated/α-hetero) is 2. The molecule has 5 amide bonds. The predicted molar refractivity (Wildman–Crippen MR) is 278 cm³/mol. The Morgan fingerprint density at radius 2 is 1.13 bits per heavy atom. The second kappa shape index (κ2) is 33.4. The van der Waals surface area contributed by atoms with Gasteiger partial charge in [0, 0.05) is 50.4 Å². The summed E-state index contributed by atoms with van der Waals surface area (Å²) in [5.74, 6) is -15.2. The van der Waals surface area contributed by atoms with Crippen LogP contribution in [0, 0.1) is 23.7 Å². The van der Waals surface area contributed by atoms with Crippen molar-refractivity contribution in [2.75, 3.05) is 6.54 Å². The van der Waals surface area contributed by atoms with Gasteiger partial charge in [-0.3, -0.25) is 43.2 Å². The monoisotopic (exact) mass is 1180 g/mol. The Morgan fingerprint density at radius 3 is 1.64 bits per heavy atom. The van der Waals surface area contributed by atoms with Gasteiger partial charge >= 0.3 is 224 Å². The van der Waals surface area contributed by atoms with Crippen LogP contribution in [0.1, 0.15) is 179 Å². The molecule has 7 N–H and O–H groups in total. The van der Waals surface area contributed by atoms with Gasteiger partial charge in [0.2, 0.25) is 11.8 Å². The molecular formula is C54H80N4O17Sn. The fourth-order valence-corrected chi connectivity index (χ4v) is 26.1. The molecule has 422 valence electrons. The van der Waals surface area contributed by atoms with Gasteiger partial charge in [0.25, 0.3) is 11.8 Å². The summed E-state index contributed by atoms with van der Waals surface area (Å²) < 4.78 is 5.11. The summed E-state index contributed by atoms with van der Waals surface area (Å²) >= 11 is -2.82. The number of hydrogen-bond donors (Lipinski definition) is 7. The number of ketones is 2. The Hall–Kier alpha value is -5.74. The van der Waals surface area contributed by atoms with Crippen molar-refractivity contribution >= 4 is 92.9 Å². The van der Waals surface area contributed by atoms with Crippen molar-refractivity contribution in [3.8, 4) is 0 Å². The van der Waals surface area contributed by atoms with Gasteiger partial charge in [-0.05, 0) is 44.9 Å². The number of hydrogen-bond acceptors (Lipinski definition) is 13. The van der Waals surface area contributed by atoms with Crippen LogP contribution in [0.25, 0.3) is 0 Å². The van der Waals surface area contributed by atoms with E-state index in [-0.39, 0.29) is 57.4 Å². The molecule has 0 unspecified atom stereocenters. The van der Waals surface area contributed by atoms with Crippen LogP contribution in [0.5, 0.6) is 0 Å². The molecule has 1 aliphatic heterocycles. The Labute approximate surface area is 448 Å². The van der Waals surface area contributed by atoms with E-state index < -0.39 is 171 Å². The number of aliphatic carboxylic acids is 4. The van der Waals surface area contributed by atoms with Crippen molar-refractivity contribution in [3.05, 3.63) is 29.8 Å². The first-order valence-electron chi connectivity index (χ1n) is 27.2. The maximum atomic E-state index is 13.9. The number of rotatable bonds is 38. The van der Waals surface area contributed by atoms with Crippen LogP contribution >= 0.6 is 0 Å². The van der Waals surface area contributed by atoms with Crippen molar-refractivity contribution in [2.45, 2.75) is 194 Å². The van der Waals surface area contributed by atoms with Crippen LogP contribution in [0.4, 0.5) is 0 Å². The van der Waals surface area contributed by atoms with Gasteiger partial charge in [-0.2, -0.15) is 0 Å². The van der Waals surface area contributed by atoms with E-state index in [4.69, 9.17) is 4.84 Å². The third-order valence-electron chi connectivity index (χ3n) is 14.7. The predicted octanol–water partition coefficient (Wildman–Crippen LogP) is 5.86. The number of hydroxylamine groups is 2. The summed E-state index contributed by atoms with van der Waals surface area (Å²) in [4.78, 5) is 157. The maximum absolute atomic E-state index is 13.9.